The van der Waals surface area contributed by atoms with Crippen molar-refractivity contribution in [3.8, 4) is 0 Å². The van der Waals surface area contributed by atoms with Gasteiger partial charge in [0.25, 0.3) is 0 Å². The van der Waals surface area contributed by atoms with Gasteiger partial charge in [0.05, 0.1) is 0 Å². The summed E-state index contributed by atoms with van der Waals surface area (Å²) in [7, 11) is 0. The highest BCUT2D eigenvalue weighted by atomic mass is 32.1. The van der Waals surface area contributed by atoms with E-state index in [9.17, 15) is 0 Å². The van der Waals surface area contributed by atoms with Gasteiger partial charge in [-0.25, -0.2) is 0 Å². The maximum absolute atomic E-state index is 2.37. The number of hydrogen-bond acceptors (Lipinski definition) is 1. The molecular formula is C21H38BS. The highest BCUT2D eigenvalue weighted by Crippen LogP contribution is 2.39. The van der Waals surface area contributed by atoms with Crippen molar-refractivity contribution in [1.29, 1.82) is 0 Å². The average molecular weight is 333 g/mol. The molecule has 1 aliphatic rings. The van der Waals surface area contributed by atoms with Crippen LogP contribution in [0.3, 0.4) is 0 Å². The van der Waals surface area contributed by atoms with Crippen LogP contribution in [0, 0.1) is 23.7 Å². The van der Waals surface area contributed by atoms with Crippen LogP contribution >= 0.6 is 11.3 Å². The van der Waals surface area contributed by atoms with Crippen LogP contribution in [0.2, 0.25) is 0 Å². The quantitative estimate of drug-likeness (QED) is 0.506. The summed E-state index contributed by atoms with van der Waals surface area (Å²) in [5.74, 6) is 5.27. The SMILES string of the molecule is CC(C)C1CCC(C(C)C)C1.CC(C)c1ccc(C(C)C)s1.[B]. The smallest absolute Gasteiger partial charge is 0.00737 e. The summed E-state index contributed by atoms with van der Waals surface area (Å²) < 4.78 is 0. The fraction of sp³-hybridized carbons (Fsp3) is 0.810. The number of thiophene rings is 1. The predicted molar refractivity (Wildman–Crippen MR) is 109 cm³/mol. The summed E-state index contributed by atoms with van der Waals surface area (Å²) >= 11 is 1.95. The van der Waals surface area contributed by atoms with E-state index in [0.29, 0.717) is 11.8 Å². The lowest BCUT2D eigenvalue weighted by Gasteiger charge is -2.16. The van der Waals surface area contributed by atoms with E-state index in [0.717, 1.165) is 23.7 Å². The van der Waals surface area contributed by atoms with Gasteiger partial charge < -0.3 is 0 Å². The molecule has 2 atom stereocenters. The van der Waals surface area contributed by atoms with E-state index in [1.165, 1.54) is 29.0 Å². The minimum atomic E-state index is 0. The van der Waals surface area contributed by atoms with Gasteiger partial charge in [-0.1, -0.05) is 55.4 Å². The van der Waals surface area contributed by atoms with Crippen molar-refractivity contribution in [2.45, 2.75) is 86.5 Å². The first-order valence-corrected chi connectivity index (χ1v) is 10.1. The Balaban J connectivity index is 0.000000403. The van der Waals surface area contributed by atoms with Crippen LogP contribution in [0.5, 0.6) is 0 Å². The Bertz CT molecular complexity index is 381. The van der Waals surface area contributed by atoms with Crippen LogP contribution in [0.15, 0.2) is 12.1 Å². The number of hydrogen-bond donors (Lipinski definition) is 0. The first-order chi connectivity index (χ1) is 10.2. The van der Waals surface area contributed by atoms with Crippen LogP contribution in [-0.4, -0.2) is 8.41 Å². The Morgan fingerprint density at radius 1 is 0.739 bits per heavy atom. The first kappa shape index (κ1) is 22.8. The molecule has 1 aliphatic carbocycles. The highest BCUT2D eigenvalue weighted by molar-refractivity contribution is 7.12. The Morgan fingerprint density at radius 2 is 1.09 bits per heavy atom. The lowest BCUT2D eigenvalue weighted by molar-refractivity contribution is 0.340. The summed E-state index contributed by atoms with van der Waals surface area (Å²) in [6.45, 7) is 18.5. The fourth-order valence-electron chi connectivity index (χ4n) is 3.25. The van der Waals surface area contributed by atoms with Crippen molar-refractivity contribution in [3.05, 3.63) is 21.9 Å². The van der Waals surface area contributed by atoms with Crippen LogP contribution in [0.1, 0.15) is 96.2 Å². The van der Waals surface area contributed by atoms with Crippen LogP contribution in [0.4, 0.5) is 0 Å². The second-order valence-corrected chi connectivity index (χ2v) is 9.52. The van der Waals surface area contributed by atoms with E-state index < -0.39 is 0 Å². The molecule has 2 rings (SSSR count). The lowest BCUT2D eigenvalue weighted by Crippen LogP contribution is -2.07. The van der Waals surface area contributed by atoms with Gasteiger partial charge in [-0.2, -0.15) is 0 Å². The monoisotopic (exact) mass is 333 g/mol. The van der Waals surface area contributed by atoms with E-state index >= 15 is 0 Å². The normalized spacial score (nSPS) is 20.9. The minimum Gasteiger partial charge on any atom is -0.145 e. The number of rotatable bonds is 4. The van der Waals surface area contributed by atoms with Crippen molar-refractivity contribution >= 4 is 19.7 Å². The van der Waals surface area contributed by atoms with E-state index in [2.05, 4.69) is 67.5 Å². The lowest BCUT2D eigenvalue weighted by atomic mass is 9.89. The maximum Gasteiger partial charge on any atom is 0.00737 e. The third-order valence-corrected chi connectivity index (χ3v) is 6.87. The van der Waals surface area contributed by atoms with Crippen LogP contribution in [0.25, 0.3) is 0 Å². The minimum absolute atomic E-state index is 0. The summed E-state index contributed by atoms with van der Waals surface area (Å²) in [5.41, 5.74) is 0. The molecule has 1 saturated carbocycles. The predicted octanol–water partition coefficient (Wildman–Crippen LogP) is 7.33. The molecule has 0 aliphatic heterocycles. The van der Waals surface area contributed by atoms with E-state index in [4.69, 9.17) is 0 Å². The first-order valence-electron chi connectivity index (χ1n) is 9.31. The molecule has 1 aromatic heterocycles. The van der Waals surface area contributed by atoms with Gasteiger partial charge in [-0.15, -0.1) is 11.3 Å². The molecule has 0 aromatic carbocycles. The molecule has 0 saturated heterocycles. The van der Waals surface area contributed by atoms with Crippen molar-refractivity contribution in [1.82, 2.24) is 0 Å². The largest absolute Gasteiger partial charge is 0.145 e. The molecule has 0 amide bonds. The van der Waals surface area contributed by atoms with Crippen LogP contribution < -0.4 is 0 Å². The van der Waals surface area contributed by atoms with Crippen molar-refractivity contribution in [2.75, 3.05) is 0 Å². The zero-order chi connectivity index (χ0) is 16.9. The van der Waals surface area contributed by atoms with Crippen molar-refractivity contribution < 1.29 is 0 Å². The molecule has 131 valence electrons. The molecule has 1 fully saturated rings. The van der Waals surface area contributed by atoms with Gasteiger partial charge in [0.1, 0.15) is 0 Å². The van der Waals surface area contributed by atoms with Gasteiger partial charge in [0.2, 0.25) is 0 Å². The maximum atomic E-state index is 2.37. The summed E-state index contributed by atoms with van der Waals surface area (Å²) in [5, 5.41) is 0. The second-order valence-electron chi connectivity index (χ2n) is 8.37. The van der Waals surface area contributed by atoms with Crippen molar-refractivity contribution in [3.63, 3.8) is 0 Å². The Labute approximate surface area is 152 Å². The van der Waals surface area contributed by atoms with Gasteiger partial charge in [0.15, 0.2) is 0 Å². The average Bonchev–Trinajstić information content (AvgIpc) is 3.09. The molecule has 1 heterocycles. The Kier molecular flexibility index (Phi) is 10.5. The Hall–Kier alpha value is -0.235. The topological polar surface area (TPSA) is 0 Å². The molecule has 0 bridgehead atoms. The molecule has 0 nitrogen and oxygen atoms in total. The molecule has 0 N–H and O–H groups in total. The van der Waals surface area contributed by atoms with Gasteiger partial charge >= 0.3 is 0 Å². The van der Waals surface area contributed by atoms with E-state index in [1.807, 2.05) is 11.3 Å². The standard InChI is InChI=1S/C11H22.C10H16S.B/c1-8(2)10-5-6-11(7-10)9(3)4;1-7(2)9-5-6-10(11-9)8(3)4;/h8-11H,5-7H2,1-4H3;5-8H,1-4H3;. The summed E-state index contributed by atoms with van der Waals surface area (Å²) in [4.78, 5) is 3.02. The molecule has 2 heteroatoms. The molecule has 23 heavy (non-hydrogen) atoms. The van der Waals surface area contributed by atoms with E-state index in [-0.39, 0.29) is 8.41 Å². The summed E-state index contributed by atoms with van der Waals surface area (Å²) in [6, 6.07) is 4.51. The van der Waals surface area contributed by atoms with Crippen LogP contribution in [-0.2, 0) is 0 Å². The third-order valence-electron chi connectivity index (χ3n) is 5.19. The zero-order valence-corrected chi connectivity index (χ0v) is 17.5. The third kappa shape index (κ3) is 7.46. The van der Waals surface area contributed by atoms with Gasteiger partial charge in [-0.3, -0.25) is 0 Å². The molecule has 1 aromatic rings. The second kappa shape index (κ2) is 10.6. The Morgan fingerprint density at radius 3 is 1.26 bits per heavy atom. The molecule has 0 spiro atoms. The molecular weight excluding hydrogens is 295 g/mol. The van der Waals surface area contributed by atoms with Crippen molar-refractivity contribution in [2.24, 2.45) is 23.7 Å². The fourth-order valence-corrected chi connectivity index (χ4v) is 4.27. The van der Waals surface area contributed by atoms with E-state index in [1.54, 1.807) is 0 Å². The molecule has 3 radical (unpaired) electrons. The van der Waals surface area contributed by atoms with Gasteiger partial charge in [0, 0.05) is 18.2 Å². The molecule has 2 unspecified atom stereocenters. The highest BCUT2D eigenvalue weighted by Gasteiger charge is 2.28. The van der Waals surface area contributed by atoms with Gasteiger partial charge in [-0.05, 0) is 66.9 Å². The summed E-state index contributed by atoms with van der Waals surface area (Å²) in [6.07, 6.45) is 4.47. The zero-order valence-electron chi connectivity index (χ0n) is 16.7.